The van der Waals surface area contributed by atoms with Gasteiger partial charge in [-0.25, -0.2) is 41.8 Å². The minimum absolute atomic E-state index is 1.06. The Kier molecular flexibility index (Phi) is 24.2. The van der Waals surface area contributed by atoms with Crippen molar-refractivity contribution in [3.05, 3.63) is 0 Å². The van der Waals surface area contributed by atoms with Gasteiger partial charge in [-0.3, -0.25) is 55.1 Å². The van der Waals surface area contributed by atoms with Crippen LogP contribution in [0.4, 0.5) is 0 Å². The number of hydrogen-bond acceptors (Lipinski definition) is 32. The van der Waals surface area contributed by atoms with Gasteiger partial charge in [0, 0.05) is 13.1 Å². The molecular formula is C15H30N2O42S10. The predicted molar refractivity (Wildman–Crippen MR) is 197 cm³/mol. The highest BCUT2D eigenvalue weighted by Crippen LogP contribution is 2.26. The zero-order valence-electron chi connectivity index (χ0n) is 31.8. The van der Waals surface area contributed by atoms with Gasteiger partial charge in [0.1, 0.15) is 36.6 Å². The second-order valence-corrected chi connectivity index (χ2v) is 21.9. The zero-order valence-corrected chi connectivity index (χ0v) is 39.9. The van der Waals surface area contributed by atoms with Crippen molar-refractivity contribution in [3.8, 4) is 0 Å². The molecule has 8 atom stereocenters. The normalized spacial score (nSPS) is 17.7. The molecule has 0 aromatic rings. The molecule has 69 heavy (non-hydrogen) atoms. The maximum atomic E-state index is 13.2. The Balaban J connectivity index is 7.37. The molecule has 44 nitrogen and oxygen atoms in total. The van der Waals surface area contributed by atoms with E-state index in [-0.39, 0.29) is 0 Å². The number of amides is 2. The quantitative estimate of drug-likeness (QED) is 0.0210. The van der Waals surface area contributed by atoms with Crippen molar-refractivity contribution in [2.45, 2.75) is 55.3 Å². The minimum Gasteiger partial charge on any atom is -0.354 e. The highest BCUT2D eigenvalue weighted by atomic mass is 32.3. The van der Waals surface area contributed by atoms with E-state index in [1.807, 2.05) is 0 Å². The average molecular weight is 1230 g/mol. The van der Waals surface area contributed by atoms with Gasteiger partial charge in [-0.2, -0.15) is 84.2 Å². The van der Waals surface area contributed by atoms with Gasteiger partial charge in [0.2, 0.25) is 0 Å². The van der Waals surface area contributed by atoms with Crippen molar-refractivity contribution in [2.75, 3.05) is 26.3 Å². The lowest BCUT2D eigenvalue weighted by Crippen LogP contribution is -2.57. The highest BCUT2D eigenvalue weighted by Gasteiger charge is 2.51. The first kappa shape index (κ1) is 66.6. The highest BCUT2D eigenvalue weighted by molar-refractivity contribution is 7.83. The van der Waals surface area contributed by atoms with Gasteiger partial charge in [-0.1, -0.05) is 0 Å². The van der Waals surface area contributed by atoms with E-state index < -0.39 is 197 Å². The topological polar surface area (TPSA) is 694 Å². The molecule has 0 rings (SSSR count). The van der Waals surface area contributed by atoms with Gasteiger partial charge in [0.25, 0.3) is 11.8 Å². The number of rotatable bonds is 34. The summed E-state index contributed by atoms with van der Waals surface area (Å²) in [4.78, 5) is 26.3. The second kappa shape index (κ2) is 25.0. The Bertz CT molecular complexity index is 2740. The average Bonchev–Trinajstić information content (AvgIpc) is 3.05. The second-order valence-electron chi connectivity index (χ2n) is 11.3. The van der Waals surface area contributed by atoms with E-state index in [0.29, 0.717) is 0 Å². The molecule has 54 heteroatoms. The number of nitrogens with one attached hydrogen (secondary N) is 2. The van der Waals surface area contributed by atoms with E-state index in [1.54, 1.807) is 0 Å². The molecule has 0 unspecified atom stereocenters. The molecule has 0 aliphatic heterocycles. The van der Waals surface area contributed by atoms with E-state index in [4.69, 9.17) is 18.2 Å². The maximum absolute atomic E-state index is 13.2. The van der Waals surface area contributed by atoms with Crippen molar-refractivity contribution in [2.24, 2.45) is 0 Å². The fraction of sp³-hybridized carbons (Fsp3) is 0.867. The molecule has 0 spiro atoms. The summed E-state index contributed by atoms with van der Waals surface area (Å²) in [5.74, 6) is -4.76. The van der Waals surface area contributed by atoms with E-state index in [2.05, 4.69) is 41.8 Å². The summed E-state index contributed by atoms with van der Waals surface area (Å²) in [6.07, 6.45) is -30.6. The van der Waals surface area contributed by atoms with Crippen LogP contribution in [-0.4, -0.2) is 217 Å². The van der Waals surface area contributed by atoms with Crippen LogP contribution in [0.25, 0.3) is 0 Å². The first-order valence-electron chi connectivity index (χ1n) is 15.3. The first-order chi connectivity index (χ1) is 30.3. The summed E-state index contributed by atoms with van der Waals surface area (Å²) >= 11 is 0. The Labute approximate surface area is 387 Å². The van der Waals surface area contributed by atoms with Crippen LogP contribution in [-0.2, 0) is 155 Å². The molecule has 412 valence electrons. The largest absolute Gasteiger partial charge is 0.398 e. The van der Waals surface area contributed by atoms with Crippen molar-refractivity contribution >= 4 is 116 Å². The van der Waals surface area contributed by atoms with E-state index in [9.17, 15) is 121 Å². The summed E-state index contributed by atoms with van der Waals surface area (Å²) in [5, 5.41) is 2.89. The van der Waals surface area contributed by atoms with Crippen molar-refractivity contribution in [1.29, 1.82) is 0 Å². The molecule has 0 fully saturated rings. The monoisotopic (exact) mass is 1230 g/mol. The zero-order chi connectivity index (χ0) is 54.8. The third-order valence-electron chi connectivity index (χ3n) is 6.08. The summed E-state index contributed by atoms with van der Waals surface area (Å²) in [7, 11) is -62.3. The SMILES string of the molecule is O=C(NCCCNC(=O)[C@H](OS(=O)(=O)O)[C@H](OS(=O)(=O)O)[C@@H](OS(=O)(=O)O)[C@@H](COS(=O)(=O)O)OS(=O)(=O)O)[C@H](OS(=O)(=O)O)[C@H](OS(=O)(=O)O)[C@@H](OS(=O)(=O)O)[C@@H](COS(=O)(=O)O)OS(=O)(=O)O. The third-order valence-corrected chi connectivity index (χ3v) is 10.7. The Morgan fingerprint density at radius 3 is 0.739 bits per heavy atom. The van der Waals surface area contributed by atoms with Crippen molar-refractivity contribution in [3.63, 3.8) is 0 Å². The third kappa shape index (κ3) is 33.1. The fourth-order valence-electron chi connectivity index (χ4n) is 4.22. The van der Waals surface area contributed by atoms with Gasteiger partial charge in [-0.15, -0.1) is 0 Å². The maximum Gasteiger partial charge on any atom is 0.398 e. The standard InChI is InChI=1S/C15H30N2O42S10/c18-14(12(58-68(44,45)46)10(56-66(38,39)40)8(54-64(32,33)34)6(52-62(26,27)28)4-50-60(20,21)22)16-2-1-3-17-15(19)13(59-69(47,48)49)11(57-67(41,42)43)9(55-65(35,36)37)7(53-63(29,30)31)5-51-61(23,24)25/h6-13H,1-5H2,(H,16,18)(H,17,19)(H,20,21,22)(H,23,24,25)(H,26,27,28)(H,29,30,31)(H,32,33,34)(H,35,36,37)(H,38,39,40)(H,41,42,43)(H,44,45,46)(H,47,48,49)/t6-,7-,8+,9+,10-,11-,12-,13-/m1/s1. The fourth-order valence-corrected chi connectivity index (χ4v) is 8.71. The van der Waals surface area contributed by atoms with Crippen LogP contribution in [0.1, 0.15) is 6.42 Å². The van der Waals surface area contributed by atoms with Gasteiger partial charge in [-0.05, 0) is 6.42 Å². The lowest BCUT2D eigenvalue weighted by Gasteiger charge is -2.32. The molecule has 0 heterocycles. The minimum atomic E-state index is -6.40. The van der Waals surface area contributed by atoms with Gasteiger partial charge >= 0.3 is 104 Å². The molecule has 2 amide bonds. The Morgan fingerprint density at radius 2 is 0.536 bits per heavy atom. The molecule has 0 aromatic heterocycles. The van der Waals surface area contributed by atoms with Crippen molar-refractivity contribution in [1.82, 2.24) is 10.6 Å². The molecule has 12 N–H and O–H groups in total. The van der Waals surface area contributed by atoms with Crippen molar-refractivity contribution < 1.29 is 181 Å². The Morgan fingerprint density at radius 1 is 0.319 bits per heavy atom. The van der Waals surface area contributed by atoms with Crippen LogP contribution in [0.2, 0.25) is 0 Å². The summed E-state index contributed by atoms with van der Waals surface area (Å²) in [5.41, 5.74) is 0. The van der Waals surface area contributed by atoms with Crippen LogP contribution in [0, 0.1) is 0 Å². The molecule has 0 bridgehead atoms. The Hall–Kier alpha value is -2.36. The van der Waals surface area contributed by atoms with Gasteiger partial charge < -0.3 is 10.6 Å². The summed E-state index contributed by atoms with van der Waals surface area (Å²) in [6, 6.07) is 0. The molecule has 0 radical (unpaired) electrons. The lowest BCUT2D eigenvalue weighted by atomic mass is 10.0. The summed E-state index contributed by atoms with van der Waals surface area (Å²) < 4.78 is 360. The number of hydrogen-bond donors (Lipinski definition) is 12. The smallest absolute Gasteiger partial charge is 0.354 e. The molecule has 0 aromatic carbocycles. The lowest BCUT2D eigenvalue weighted by molar-refractivity contribution is -0.139. The van der Waals surface area contributed by atoms with E-state index in [0.717, 1.165) is 0 Å². The summed E-state index contributed by atoms with van der Waals surface area (Å²) in [6.45, 7) is -7.14. The first-order valence-corrected chi connectivity index (χ1v) is 28.9. The molecule has 0 aliphatic rings. The van der Waals surface area contributed by atoms with Crippen LogP contribution >= 0.6 is 0 Å². The number of carbonyl (C=O) groups is 2. The molecule has 0 saturated heterocycles. The van der Waals surface area contributed by atoms with E-state index >= 15 is 0 Å². The van der Waals surface area contributed by atoms with Gasteiger partial charge in [0.05, 0.1) is 13.2 Å². The molecule has 0 saturated carbocycles. The van der Waals surface area contributed by atoms with Crippen LogP contribution in [0.15, 0.2) is 0 Å². The van der Waals surface area contributed by atoms with Gasteiger partial charge in [0.15, 0.2) is 12.2 Å². The molecule has 0 aliphatic carbocycles. The van der Waals surface area contributed by atoms with E-state index in [1.165, 1.54) is 10.6 Å². The van der Waals surface area contributed by atoms with Crippen LogP contribution in [0.3, 0.4) is 0 Å². The van der Waals surface area contributed by atoms with Crippen LogP contribution in [0.5, 0.6) is 0 Å². The number of carbonyl (C=O) groups excluding carboxylic acids is 2. The molecular weight excluding hydrogens is 1200 g/mol. The van der Waals surface area contributed by atoms with Crippen LogP contribution < -0.4 is 10.6 Å². The predicted octanol–water partition coefficient (Wildman–Crippen LogP) is -9.25.